The Bertz CT molecular complexity index is 482. The van der Waals surface area contributed by atoms with Crippen LogP contribution >= 0.6 is 0 Å². The summed E-state index contributed by atoms with van der Waals surface area (Å²) in [6.07, 6.45) is 3.81. The summed E-state index contributed by atoms with van der Waals surface area (Å²) in [5.74, 6) is 1.20. The summed E-state index contributed by atoms with van der Waals surface area (Å²) in [7, 11) is 0. The zero-order valence-corrected chi connectivity index (χ0v) is 9.69. The van der Waals surface area contributed by atoms with Gasteiger partial charge in [-0.2, -0.15) is 0 Å². The van der Waals surface area contributed by atoms with Crippen LogP contribution in [0.1, 0.15) is 31.1 Å². The largest absolute Gasteiger partial charge is 0.468 e. The Morgan fingerprint density at radius 2 is 2.24 bits per heavy atom. The van der Waals surface area contributed by atoms with Gasteiger partial charge in [0, 0.05) is 25.4 Å². The number of hydrogen-bond donors (Lipinski definition) is 0. The minimum Gasteiger partial charge on any atom is -0.468 e. The van der Waals surface area contributed by atoms with Crippen LogP contribution in [0.5, 0.6) is 0 Å². The number of ketones is 1. The van der Waals surface area contributed by atoms with E-state index in [4.69, 9.17) is 4.42 Å². The maximum Gasteiger partial charge on any atom is 0.136 e. The van der Waals surface area contributed by atoms with E-state index in [2.05, 4.69) is 17.2 Å². The molecule has 0 N–H and O–H groups in total. The lowest BCUT2D eigenvalue weighted by atomic mass is 9.92. The van der Waals surface area contributed by atoms with E-state index in [-0.39, 0.29) is 12.1 Å². The van der Waals surface area contributed by atoms with Gasteiger partial charge in [0.2, 0.25) is 0 Å². The lowest BCUT2D eigenvalue weighted by Gasteiger charge is -2.35. The Balaban J connectivity index is 1.95. The first-order valence-electron chi connectivity index (χ1n) is 5.99. The standard InChI is InChI=1S/C14H15NO2/c1-2-10-5-6-15-12(10)8-11(16)9-13(15)14-4-3-7-17-14/h3-4,7,12-13H,1,5-6,8-9H2/t12-,13-/m1/s1. The molecule has 17 heavy (non-hydrogen) atoms. The molecule has 88 valence electrons. The first-order chi connectivity index (χ1) is 8.29. The van der Waals surface area contributed by atoms with Gasteiger partial charge in [0.25, 0.3) is 0 Å². The van der Waals surface area contributed by atoms with E-state index in [1.165, 1.54) is 5.57 Å². The average molecular weight is 229 g/mol. The molecule has 3 nitrogen and oxygen atoms in total. The molecule has 0 aromatic carbocycles. The smallest absolute Gasteiger partial charge is 0.136 e. The van der Waals surface area contributed by atoms with E-state index in [0.717, 1.165) is 18.7 Å². The fourth-order valence-corrected chi connectivity index (χ4v) is 2.97. The predicted octanol–water partition coefficient (Wildman–Crippen LogP) is 2.47. The summed E-state index contributed by atoms with van der Waals surface area (Å²) in [5, 5.41) is 0. The number of rotatable bonds is 1. The molecule has 0 saturated carbocycles. The Morgan fingerprint density at radius 3 is 2.94 bits per heavy atom. The SMILES string of the molecule is C=C=C1CCN2[C@@H]1CC(=O)C[C@@H]2c1ccco1. The van der Waals surface area contributed by atoms with Crippen molar-refractivity contribution < 1.29 is 9.21 Å². The molecule has 3 heteroatoms. The predicted molar refractivity (Wildman–Crippen MR) is 63.5 cm³/mol. The highest BCUT2D eigenvalue weighted by molar-refractivity contribution is 5.81. The molecule has 2 saturated heterocycles. The highest BCUT2D eigenvalue weighted by Crippen LogP contribution is 2.39. The summed E-state index contributed by atoms with van der Waals surface area (Å²) in [5.41, 5.74) is 4.17. The number of nitrogens with zero attached hydrogens (tertiary/aromatic N) is 1. The fraction of sp³-hybridized carbons (Fsp3) is 0.429. The molecule has 0 spiro atoms. The van der Waals surface area contributed by atoms with Crippen molar-refractivity contribution in [3.8, 4) is 0 Å². The van der Waals surface area contributed by atoms with E-state index >= 15 is 0 Å². The van der Waals surface area contributed by atoms with Crippen LogP contribution in [0.15, 0.2) is 40.7 Å². The third-order valence-electron chi connectivity index (χ3n) is 3.78. The maximum atomic E-state index is 11.8. The second kappa shape index (κ2) is 4.02. The van der Waals surface area contributed by atoms with Crippen LogP contribution in [0, 0.1) is 0 Å². The van der Waals surface area contributed by atoms with Crippen LogP contribution in [0.3, 0.4) is 0 Å². The van der Waals surface area contributed by atoms with Gasteiger partial charge in [0.05, 0.1) is 12.3 Å². The summed E-state index contributed by atoms with van der Waals surface area (Å²) < 4.78 is 5.46. The summed E-state index contributed by atoms with van der Waals surface area (Å²) in [6, 6.07) is 4.13. The number of furan rings is 1. The van der Waals surface area contributed by atoms with Crippen molar-refractivity contribution in [1.82, 2.24) is 4.90 Å². The van der Waals surface area contributed by atoms with Crippen LogP contribution in [0.4, 0.5) is 0 Å². The molecule has 2 aliphatic heterocycles. The second-order valence-corrected chi connectivity index (χ2v) is 4.68. The summed E-state index contributed by atoms with van der Waals surface area (Å²) in [6.45, 7) is 4.70. The van der Waals surface area contributed by atoms with Gasteiger partial charge in [-0.1, -0.05) is 6.58 Å². The molecule has 0 aliphatic carbocycles. The first-order valence-corrected chi connectivity index (χ1v) is 5.99. The fourth-order valence-electron chi connectivity index (χ4n) is 2.97. The third-order valence-corrected chi connectivity index (χ3v) is 3.78. The highest BCUT2D eigenvalue weighted by Gasteiger charge is 2.41. The molecule has 3 rings (SSSR count). The zero-order chi connectivity index (χ0) is 11.8. The molecule has 0 amide bonds. The number of carbonyl (C=O) groups is 1. The van der Waals surface area contributed by atoms with Crippen molar-refractivity contribution in [3.05, 3.63) is 42.0 Å². The average Bonchev–Trinajstić information content (AvgIpc) is 2.96. The molecule has 3 heterocycles. The molecule has 0 unspecified atom stereocenters. The Labute approximate surface area is 100 Å². The molecule has 0 bridgehead atoms. The van der Waals surface area contributed by atoms with Crippen molar-refractivity contribution in [1.29, 1.82) is 0 Å². The topological polar surface area (TPSA) is 33.5 Å². The van der Waals surface area contributed by atoms with Crippen LogP contribution in [0.2, 0.25) is 0 Å². The Kier molecular flexibility index (Phi) is 2.50. The third kappa shape index (κ3) is 1.68. The molecule has 2 fully saturated rings. The zero-order valence-electron chi connectivity index (χ0n) is 9.69. The van der Waals surface area contributed by atoms with E-state index in [1.54, 1.807) is 6.26 Å². The monoisotopic (exact) mass is 229 g/mol. The quantitative estimate of drug-likeness (QED) is 0.694. The number of carbonyl (C=O) groups excluding carboxylic acids is 1. The molecule has 2 atom stereocenters. The van der Waals surface area contributed by atoms with Crippen LogP contribution < -0.4 is 0 Å². The molecule has 0 radical (unpaired) electrons. The lowest BCUT2D eigenvalue weighted by Crippen LogP contribution is -2.41. The van der Waals surface area contributed by atoms with Crippen molar-refractivity contribution in [2.24, 2.45) is 0 Å². The van der Waals surface area contributed by atoms with Gasteiger partial charge in [0.1, 0.15) is 11.5 Å². The first kappa shape index (κ1) is 10.6. The number of hydrogen-bond acceptors (Lipinski definition) is 3. The van der Waals surface area contributed by atoms with Crippen LogP contribution in [-0.4, -0.2) is 23.3 Å². The minimum absolute atomic E-state index is 0.0992. The van der Waals surface area contributed by atoms with E-state index in [0.29, 0.717) is 18.6 Å². The van der Waals surface area contributed by atoms with Crippen molar-refractivity contribution >= 4 is 5.78 Å². The number of Topliss-reactive ketones (excluding diaryl/α,β-unsaturated/α-hetero) is 1. The number of fused-ring (bicyclic) bond motifs is 1. The normalized spacial score (nSPS) is 29.2. The lowest BCUT2D eigenvalue weighted by molar-refractivity contribution is -0.124. The molecular weight excluding hydrogens is 214 g/mol. The van der Waals surface area contributed by atoms with Crippen molar-refractivity contribution in [2.75, 3.05) is 6.54 Å². The molecule has 1 aromatic heterocycles. The van der Waals surface area contributed by atoms with Crippen LogP contribution in [0.25, 0.3) is 0 Å². The van der Waals surface area contributed by atoms with E-state index in [1.807, 2.05) is 12.1 Å². The number of piperidine rings is 1. The maximum absolute atomic E-state index is 11.8. The highest BCUT2D eigenvalue weighted by atomic mass is 16.3. The van der Waals surface area contributed by atoms with Crippen molar-refractivity contribution in [3.63, 3.8) is 0 Å². The van der Waals surface area contributed by atoms with Gasteiger partial charge < -0.3 is 4.42 Å². The van der Waals surface area contributed by atoms with Crippen molar-refractivity contribution in [2.45, 2.75) is 31.3 Å². The molecule has 1 aromatic rings. The van der Waals surface area contributed by atoms with Gasteiger partial charge in [-0.15, -0.1) is 5.73 Å². The Hall–Kier alpha value is -1.57. The minimum atomic E-state index is 0.0992. The summed E-state index contributed by atoms with van der Waals surface area (Å²) in [4.78, 5) is 14.2. The second-order valence-electron chi connectivity index (χ2n) is 4.68. The van der Waals surface area contributed by atoms with Gasteiger partial charge >= 0.3 is 0 Å². The van der Waals surface area contributed by atoms with E-state index < -0.39 is 0 Å². The summed E-state index contributed by atoms with van der Waals surface area (Å²) >= 11 is 0. The van der Waals surface area contributed by atoms with Gasteiger partial charge in [-0.05, 0) is 24.1 Å². The van der Waals surface area contributed by atoms with Gasteiger partial charge in [-0.3, -0.25) is 9.69 Å². The van der Waals surface area contributed by atoms with Gasteiger partial charge in [0.15, 0.2) is 0 Å². The van der Waals surface area contributed by atoms with E-state index in [9.17, 15) is 4.79 Å². The molecule has 2 aliphatic rings. The van der Waals surface area contributed by atoms with Gasteiger partial charge in [-0.25, -0.2) is 0 Å². The van der Waals surface area contributed by atoms with Crippen LogP contribution in [-0.2, 0) is 4.79 Å². The molecular formula is C14H15NO2. The Morgan fingerprint density at radius 1 is 1.41 bits per heavy atom.